The van der Waals surface area contributed by atoms with Crippen molar-refractivity contribution in [3.05, 3.63) is 29.8 Å². The maximum Gasteiger partial charge on any atom is 0.321 e. The lowest BCUT2D eigenvalue weighted by Gasteiger charge is -2.12. The van der Waals surface area contributed by atoms with Gasteiger partial charge in [0.05, 0.1) is 0 Å². The Bertz CT molecular complexity index is 326. The molecule has 0 bridgehead atoms. The van der Waals surface area contributed by atoms with Gasteiger partial charge >= 0.3 is 5.97 Å². The molecule has 0 aromatic heterocycles. The van der Waals surface area contributed by atoms with Gasteiger partial charge in [0, 0.05) is 4.55 Å². The van der Waals surface area contributed by atoms with Crippen LogP contribution in [0, 0.1) is 0 Å². The molecule has 0 saturated heterocycles. The van der Waals surface area contributed by atoms with Gasteiger partial charge in [0.1, 0.15) is 11.8 Å². The van der Waals surface area contributed by atoms with Crippen molar-refractivity contribution in [1.29, 1.82) is 0 Å². The minimum atomic E-state index is -0.861. The van der Waals surface area contributed by atoms with Crippen LogP contribution in [0.15, 0.2) is 24.3 Å². The van der Waals surface area contributed by atoms with E-state index in [-0.39, 0.29) is 5.75 Å². The number of rotatable bonds is 5. The van der Waals surface area contributed by atoms with Crippen molar-refractivity contribution in [3.63, 3.8) is 0 Å². The van der Waals surface area contributed by atoms with Crippen molar-refractivity contribution in [2.24, 2.45) is 0 Å². The first-order chi connectivity index (χ1) is 7.13. The molecule has 3 N–H and O–H groups in total. The number of hydrogen-bond acceptors (Lipinski definition) is 3. The van der Waals surface area contributed by atoms with E-state index in [1.165, 1.54) is 0 Å². The molecule has 0 saturated carbocycles. The Morgan fingerprint density at radius 2 is 2.00 bits per heavy atom. The van der Waals surface area contributed by atoms with E-state index in [1.54, 1.807) is 24.3 Å². The molecule has 0 unspecified atom stereocenters. The maximum atomic E-state index is 10.8. The molecular formula is C10H12INO3. The monoisotopic (exact) mass is 321 g/mol. The van der Waals surface area contributed by atoms with Gasteiger partial charge < -0.3 is 10.2 Å². The fourth-order valence-electron chi connectivity index (χ4n) is 1.21. The molecule has 0 amide bonds. The molecule has 5 heteroatoms. The van der Waals surface area contributed by atoms with Crippen LogP contribution >= 0.6 is 22.6 Å². The quantitative estimate of drug-likeness (QED) is 0.435. The molecule has 1 aromatic carbocycles. The highest BCUT2D eigenvalue weighted by atomic mass is 127. The molecule has 0 radical (unpaired) electrons. The first-order valence-electron chi connectivity index (χ1n) is 4.43. The molecule has 1 rings (SSSR count). The maximum absolute atomic E-state index is 10.8. The van der Waals surface area contributed by atoms with Crippen LogP contribution in [-0.4, -0.2) is 26.8 Å². The van der Waals surface area contributed by atoms with Gasteiger partial charge in [-0.05, 0) is 24.1 Å². The number of carboxylic acid groups (broad SMARTS) is 1. The van der Waals surface area contributed by atoms with Crippen molar-refractivity contribution < 1.29 is 15.0 Å². The largest absolute Gasteiger partial charge is 0.508 e. The van der Waals surface area contributed by atoms with Gasteiger partial charge in [0.2, 0.25) is 0 Å². The van der Waals surface area contributed by atoms with Gasteiger partial charge in [0.25, 0.3) is 0 Å². The van der Waals surface area contributed by atoms with E-state index < -0.39 is 12.0 Å². The minimum absolute atomic E-state index is 0.187. The van der Waals surface area contributed by atoms with Gasteiger partial charge in [-0.3, -0.25) is 10.1 Å². The summed E-state index contributed by atoms with van der Waals surface area (Å²) in [6, 6.07) is 5.98. The van der Waals surface area contributed by atoms with Crippen LogP contribution in [0.2, 0.25) is 0 Å². The Hall–Kier alpha value is -0.820. The average molecular weight is 321 g/mol. The summed E-state index contributed by atoms with van der Waals surface area (Å²) in [6.07, 6.45) is 0.415. The SMILES string of the molecule is O=C(O)[C@H](Cc1ccc(O)cc1)NCI. The smallest absolute Gasteiger partial charge is 0.321 e. The van der Waals surface area contributed by atoms with E-state index in [1.807, 2.05) is 0 Å². The molecule has 0 fully saturated rings. The predicted molar refractivity (Wildman–Crippen MR) is 65.3 cm³/mol. The number of benzene rings is 1. The van der Waals surface area contributed by atoms with Crippen molar-refractivity contribution in [2.75, 3.05) is 4.55 Å². The second-order valence-electron chi connectivity index (χ2n) is 3.10. The van der Waals surface area contributed by atoms with E-state index in [2.05, 4.69) is 27.9 Å². The van der Waals surface area contributed by atoms with Crippen molar-refractivity contribution in [3.8, 4) is 5.75 Å². The number of phenols is 1. The third-order valence-corrected chi connectivity index (χ3v) is 2.44. The molecule has 82 valence electrons. The summed E-state index contributed by atoms with van der Waals surface area (Å²) < 4.78 is 0.590. The Morgan fingerprint density at radius 1 is 1.40 bits per heavy atom. The van der Waals surface area contributed by atoms with E-state index in [9.17, 15) is 4.79 Å². The second kappa shape index (κ2) is 5.92. The summed E-state index contributed by atoms with van der Waals surface area (Å²) in [7, 11) is 0. The lowest BCUT2D eigenvalue weighted by molar-refractivity contribution is -0.139. The van der Waals surface area contributed by atoms with Gasteiger partial charge in [0.15, 0.2) is 0 Å². The first kappa shape index (κ1) is 12.3. The molecular weight excluding hydrogens is 309 g/mol. The van der Waals surface area contributed by atoms with Gasteiger partial charge in [-0.15, -0.1) is 0 Å². The normalized spacial score (nSPS) is 12.3. The predicted octanol–water partition coefficient (Wildman–Crippen LogP) is 1.37. The standard InChI is InChI=1S/C10H12INO3/c11-6-12-9(10(14)15)5-7-1-3-8(13)4-2-7/h1-4,9,12-13H,5-6H2,(H,14,15)/t9-/m0/s1. The molecule has 1 aromatic rings. The van der Waals surface area contributed by atoms with Crippen LogP contribution in [0.25, 0.3) is 0 Å². The third-order valence-electron chi connectivity index (χ3n) is 2.00. The Kier molecular flexibility index (Phi) is 4.83. The summed E-state index contributed by atoms with van der Waals surface area (Å²) in [6.45, 7) is 0. The summed E-state index contributed by atoms with van der Waals surface area (Å²) in [5, 5.41) is 20.8. The molecule has 15 heavy (non-hydrogen) atoms. The zero-order valence-electron chi connectivity index (χ0n) is 7.98. The molecule has 4 nitrogen and oxygen atoms in total. The van der Waals surface area contributed by atoms with Crippen LogP contribution in [0.3, 0.4) is 0 Å². The number of aliphatic carboxylic acids is 1. The van der Waals surface area contributed by atoms with E-state index >= 15 is 0 Å². The summed E-state index contributed by atoms with van der Waals surface area (Å²) in [4.78, 5) is 10.8. The van der Waals surface area contributed by atoms with Crippen LogP contribution in [0.4, 0.5) is 0 Å². The van der Waals surface area contributed by atoms with E-state index in [0.717, 1.165) is 5.56 Å². The van der Waals surface area contributed by atoms with Crippen molar-refractivity contribution >= 4 is 28.6 Å². The van der Waals surface area contributed by atoms with Gasteiger partial charge in [-0.25, -0.2) is 0 Å². The van der Waals surface area contributed by atoms with Gasteiger partial charge in [-0.1, -0.05) is 34.7 Å². The Balaban J connectivity index is 2.65. The first-order valence-corrected chi connectivity index (χ1v) is 5.96. The Morgan fingerprint density at radius 3 is 2.47 bits per heavy atom. The number of aromatic hydroxyl groups is 1. The van der Waals surface area contributed by atoms with E-state index in [4.69, 9.17) is 10.2 Å². The number of phenolic OH excluding ortho intramolecular Hbond substituents is 1. The fourth-order valence-corrected chi connectivity index (χ4v) is 1.74. The van der Waals surface area contributed by atoms with Crippen LogP contribution in [0.1, 0.15) is 5.56 Å². The van der Waals surface area contributed by atoms with Gasteiger partial charge in [-0.2, -0.15) is 0 Å². The summed E-state index contributed by atoms with van der Waals surface area (Å²) in [5.74, 6) is -0.674. The summed E-state index contributed by atoms with van der Waals surface area (Å²) >= 11 is 2.07. The fraction of sp³-hybridized carbons (Fsp3) is 0.300. The number of alkyl halides is 1. The highest BCUT2D eigenvalue weighted by Crippen LogP contribution is 2.11. The zero-order chi connectivity index (χ0) is 11.3. The van der Waals surface area contributed by atoms with Crippen molar-refractivity contribution in [1.82, 2.24) is 5.32 Å². The number of halogens is 1. The topological polar surface area (TPSA) is 69.6 Å². The lowest BCUT2D eigenvalue weighted by Crippen LogP contribution is -2.37. The highest BCUT2D eigenvalue weighted by molar-refractivity contribution is 14.1. The Labute approximate surface area is 101 Å². The second-order valence-corrected chi connectivity index (χ2v) is 3.86. The van der Waals surface area contributed by atoms with Crippen LogP contribution < -0.4 is 5.32 Å². The third kappa shape index (κ3) is 4.05. The van der Waals surface area contributed by atoms with E-state index in [0.29, 0.717) is 11.0 Å². The molecule has 0 aliphatic carbocycles. The molecule has 0 aliphatic rings. The van der Waals surface area contributed by atoms with Crippen LogP contribution in [0.5, 0.6) is 5.75 Å². The molecule has 0 aliphatic heterocycles. The van der Waals surface area contributed by atoms with Crippen LogP contribution in [-0.2, 0) is 11.2 Å². The number of carboxylic acids is 1. The highest BCUT2D eigenvalue weighted by Gasteiger charge is 2.16. The molecule has 1 atom stereocenters. The van der Waals surface area contributed by atoms with Crippen molar-refractivity contribution in [2.45, 2.75) is 12.5 Å². The average Bonchev–Trinajstić information content (AvgIpc) is 2.20. The number of nitrogens with one attached hydrogen (secondary N) is 1. The molecule has 0 spiro atoms. The summed E-state index contributed by atoms with van der Waals surface area (Å²) in [5.41, 5.74) is 0.887. The lowest BCUT2D eigenvalue weighted by atomic mass is 10.1. The number of carbonyl (C=O) groups is 1. The number of hydrogen-bond donors (Lipinski definition) is 3. The zero-order valence-corrected chi connectivity index (χ0v) is 10.1. The molecule has 0 heterocycles. The minimum Gasteiger partial charge on any atom is -0.508 e.